The number of nitrogens with one attached hydrogen (secondary N) is 2. The van der Waals surface area contributed by atoms with E-state index in [1.165, 1.54) is 6.20 Å². The number of likely N-dealkylation sites (tertiary alicyclic amines) is 1. The first-order valence-electron chi connectivity index (χ1n) is 9.97. The number of primary amides is 1. The molecule has 0 atom stereocenters. The summed E-state index contributed by atoms with van der Waals surface area (Å²) in [7, 11) is 0. The van der Waals surface area contributed by atoms with Crippen molar-refractivity contribution in [1.82, 2.24) is 14.9 Å². The van der Waals surface area contributed by atoms with E-state index in [1.54, 1.807) is 0 Å². The third-order valence-corrected chi connectivity index (χ3v) is 5.27. The zero-order valence-electron chi connectivity index (χ0n) is 16.5. The number of anilines is 2. The zero-order chi connectivity index (χ0) is 20.3. The number of nitrogens with zero attached hydrogens (tertiary/aromatic N) is 3. The van der Waals surface area contributed by atoms with Crippen molar-refractivity contribution < 1.29 is 14.7 Å². The van der Waals surface area contributed by atoms with Gasteiger partial charge in [-0.15, -0.1) is 0 Å². The van der Waals surface area contributed by atoms with Gasteiger partial charge in [-0.1, -0.05) is 13.8 Å². The standard InChI is InChI=1S/C19H30N6O3/c1-11(2)7-16(27)25-5-3-12(4-6-25)23-19-21-10-15(17(20)28)18(24-19)22-13-8-14(26)9-13/h10-14,26H,3-9H2,1-2H3,(H2,20,28)(H2,21,22,23,24). The molecule has 3 rings (SSSR count). The van der Waals surface area contributed by atoms with E-state index >= 15 is 0 Å². The Kier molecular flexibility index (Phi) is 6.33. The van der Waals surface area contributed by atoms with Crippen LogP contribution in [0.3, 0.4) is 0 Å². The van der Waals surface area contributed by atoms with Crippen molar-refractivity contribution in [2.45, 2.75) is 64.1 Å². The molecule has 2 heterocycles. The van der Waals surface area contributed by atoms with Crippen LogP contribution in [-0.4, -0.2) is 63.1 Å². The first kappa shape index (κ1) is 20.3. The third-order valence-electron chi connectivity index (χ3n) is 5.27. The number of nitrogens with two attached hydrogens (primary N) is 1. The van der Waals surface area contributed by atoms with Gasteiger partial charge in [-0.2, -0.15) is 4.98 Å². The fraction of sp³-hybridized carbons (Fsp3) is 0.684. The van der Waals surface area contributed by atoms with Crippen LogP contribution in [0.4, 0.5) is 11.8 Å². The lowest BCUT2D eigenvalue weighted by Gasteiger charge is -2.33. The van der Waals surface area contributed by atoms with E-state index in [2.05, 4.69) is 34.4 Å². The van der Waals surface area contributed by atoms with Crippen molar-refractivity contribution in [3.05, 3.63) is 11.8 Å². The van der Waals surface area contributed by atoms with Crippen LogP contribution in [0.25, 0.3) is 0 Å². The third kappa shape index (κ3) is 5.09. The Morgan fingerprint density at radius 3 is 2.50 bits per heavy atom. The van der Waals surface area contributed by atoms with E-state index in [0.29, 0.717) is 50.0 Å². The summed E-state index contributed by atoms with van der Waals surface area (Å²) in [5, 5.41) is 15.9. The maximum atomic E-state index is 12.2. The van der Waals surface area contributed by atoms with E-state index in [4.69, 9.17) is 5.73 Å². The number of aliphatic hydroxyl groups excluding tert-OH is 1. The Hall–Kier alpha value is -2.42. The van der Waals surface area contributed by atoms with Gasteiger partial charge in [0.1, 0.15) is 5.82 Å². The summed E-state index contributed by atoms with van der Waals surface area (Å²) in [4.78, 5) is 34.4. The quantitative estimate of drug-likeness (QED) is 0.545. The van der Waals surface area contributed by atoms with Gasteiger partial charge in [0.15, 0.2) is 0 Å². The van der Waals surface area contributed by atoms with Crippen molar-refractivity contribution in [1.29, 1.82) is 0 Å². The summed E-state index contributed by atoms with van der Waals surface area (Å²) in [6.45, 7) is 5.53. The van der Waals surface area contributed by atoms with Gasteiger partial charge in [0, 0.05) is 37.8 Å². The predicted molar refractivity (Wildman–Crippen MR) is 106 cm³/mol. The molecule has 28 heavy (non-hydrogen) atoms. The lowest BCUT2D eigenvalue weighted by molar-refractivity contribution is -0.132. The minimum absolute atomic E-state index is 0.0751. The van der Waals surface area contributed by atoms with Crippen LogP contribution in [-0.2, 0) is 4.79 Å². The van der Waals surface area contributed by atoms with E-state index in [0.717, 1.165) is 12.8 Å². The molecule has 2 fully saturated rings. The first-order valence-corrected chi connectivity index (χ1v) is 9.97. The van der Waals surface area contributed by atoms with Crippen molar-refractivity contribution in [3.63, 3.8) is 0 Å². The SMILES string of the molecule is CC(C)CC(=O)N1CCC(Nc2ncc(C(N)=O)c(NC3CC(O)C3)n2)CC1. The fourth-order valence-corrected chi connectivity index (χ4v) is 3.57. The number of piperidine rings is 1. The summed E-state index contributed by atoms with van der Waals surface area (Å²) in [5.74, 6) is 0.810. The van der Waals surface area contributed by atoms with Crippen molar-refractivity contribution >= 4 is 23.6 Å². The second-order valence-electron chi connectivity index (χ2n) is 8.18. The molecule has 0 aromatic carbocycles. The largest absolute Gasteiger partial charge is 0.393 e. The van der Waals surface area contributed by atoms with Gasteiger partial charge in [-0.25, -0.2) is 4.98 Å². The normalized spacial score (nSPS) is 22.6. The molecule has 1 saturated heterocycles. The van der Waals surface area contributed by atoms with Crippen molar-refractivity contribution in [2.75, 3.05) is 23.7 Å². The zero-order valence-corrected chi connectivity index (χ0v) is 16.5. The van der Waals surface area contributed by atoms with Gasteiger partial charge in [0.2, 0.25) is 11.9 Å². The molecule has 2 aliphatic rings. The van der Waals surface area contributed by atoms with Crippen LogP contribution >= 0.6 is 0 Å². The molecule has 0 unspecified atom stereocenters. The lowest BCUT2D eigenvalue weighted by atomic mass is 9.89. The van der Waals surface area contributed by atoms with Crippen LogP contribution in [0.1, 0.15) is 56.3 Å². The summed E-state index contributed by atoms with van der Waals surface area (Å²) < 4.78 is 0. The molecule has 1 saturated carbocycles. The number of aromatic nitrogens is 2. The van der Waals surface area contributed by atoms with Gasteiger partial charge < -0.3 is 26.4 Å². The maximum absolute atomic E-state index is 12.2. The van der Waals surface area contributed by atoms with E-state index in [-0.39, 0.29) is 29.7 Å². The van der Waals surface area contributed by atoms with Crippen LogP contribution in [0.2, 0.25) is 0 Å². The van der Waals surface area contributed by atoms with Gasteiger partial charge in [0.05, 0.1) is 11.7 Å². The number of amides is 2. The highest BCUT2D eigenvalue weighted by Gasteiger charge is 2.29. The molecular weight excluding hydrogens is 360 g/mol. The Balaban J connectivity index is 1.58. The molecule has 1 aromatic heterocycles. The smallest absolute Gasteiger partial charge is 0.254 e. The molecule has 0 radical (unpaired) electrons. The molecule has 1 aliphatic carbocycles. The molecular formula is C19H30N6O3. The highest BCUT2D eigenvalue weighted by Crippen LogP contribution is 2.25. The topological polar surface area (TPSA) is 133 Å². The Morgan fingerprint density at radius 2 is 1.93 bits per heavy atom. The number of hydrogen-bond acceptors (Lipinski definition) is 7. The predicted octanol–water partition coefficient (Wildman–Crippen LogP) is 0.960. The van der Waals surface area contributed by atoms with Crippen molar-refractivity contribution in [2.24, 2.45) is 11.7 Å². The summed E-state index contributed by atoms with van der Waals surface area (Å²) >= 11 is 0. The van der Waals surface area contributed by atoms with E-state index < -0.39 is 5.91 Å². The Labute approximate surface area is 165 Å². The Bertz CT molecular complexity index is 712. The minimum atomic E-state index is -0.592. The molecule has 154 valence electrons. The molecule has 1 aliphatic heterocycles. The summed E-state index contributed by atoms with van der Waals surface area (Å²) in [5.41, 5.74) is 5.66. The molecule has 9 nitrogen and oxygen atoms in total. The number of carbonyl (C=O) groups excluding carboxylic acids is 2. The first-order chi connectivity index (χ1) is 13.3. The van der Waals surface area contributed by atoms with Crippen LogP contribution in [0.5, 0.6) is 0 Å². The van der Waals surface area contributed by atoms with Gasteiger partial charge in [-0.05, 0) is 31.6 Å². The summed E-state index contributed by atoms with van der Waals surface area (Å²) in [6, 6.07) is 0.243. The monoisotopic (exact) mass is 390 g/mol. The molecule has 1 aromatic rings. The average molecular weight is 390 g/mol. The van der Waals surface area contributed by atoms with Crippen molar-refractivity contribution in [3.8, 4) is 0 Å². The van der Waals surface area contributed by atoms with Gasteiger partial charge in [0.25, 0.3) is 5.91 Å². The summed E-state index contributed by atoms with van der Waals surface area (Å²) in [6.07, 6.45) is 4.58. The number of hydrogen-bond donors (Lipinski definition) is 4. The molecule has 9 heteroatoms. The molecule has 2 amide bonds. The average Bonchev–Trinajstić information content (AvgIpc) is 2.60. The number of carbonyl (C=O) groups is 2. The second kappa shape index (κ2) is 8.72. The van der Waals surface area contributed by atoms with Gasteiger partial charge >= 0.3 is 0 Å². The number of rotatable bonds is 7. The maximum Gasteiger partial charge on any atom is 0.254 e. The minimum Gasteiger partial charge on any atom is -0.393 e. The second-order valence-corrected chi connectivity index (χ2v) is 8.18. The van der Waals surface area contributed by atoms with E-state index in [1.807, 2.05) is 4.90 Å². The molecule has 0 bridgehead atoms. The number of aliphatic hydroxyl groups is 1. The van der Waals surface area contributed by atoms with Crippen LogP contribution in [0.15, 0.2) is 6.20 Å². The lowest BCUT2D eigenvalue weighted by Crippen LogP contribution is -2.43. The van der Waals surface area contributed by atoms with Gasteiger partial charge in [-0.3, -0.25) is 9.59 Å². The fourth-order valence-electron chi connectivity index (χ4n) is 3.57. The van der Waals surface area contributed by atoms with Crippen LogP contribution < -0.4 is 16.4 Å². The highest BCUT2D eigenvalue weighted by molar-refractivity contribution is 5.97. The van der Waals surface area contributed by atoms with E-state index in [9.17, 15) is 14.7 Å². The molecule has 5 N–H and O–H groups in total. The molecule has 0 spiro atoms. The Morgan fingerprint density at radius 1 is 1.25 bits per heavy atom. The van der Waals surface area contributed by atoms with Crippen LogP contribution in [0, 0.1) is 5.92 Å². The highest BCUT2D eigenvalue weighted by atomic mass is 16.3.